The number of ether oxygens (including phenoxy) is 2. The average Bonchev–Trinajstić information content (AvgIpc) is 2.91. The molecule has 0 aliphatic carbocycles. The van der Waals surface area contributed by atoms with Crippen LogP contribution in [0.25, 0.3) is 0 Å². The van der Waals surface area contributed by atoms with Crippen molar-refractivity contribution in [3.63, 3.8) is 0 Å². The van der Waals surface area contributed by atoms with Crippen molar-refractivity contribution in [2.75, 3.05) is 13.1 Å². The fourth-order valence-electron chi connectivity index (χ4n) is 4.36. The lowest BCUT2D eigenvalue weighted by Gasteiger charge is -2.34. The number of hydrogen-bond acceptors (Lipinski definition) is 10. The Morgan fingerprint density at radius 3 is 2.30 bits per heavy atom. The second-order valence-corrected chi connectivity index (χ2v) is 9.81. The van der Waals surface area contributed by atoms with Gasteiger partial charge in [0.1, 0.15) is 12.2 Å². The molecule has 0 spiro atoms. The number of carbonyl (C=O) groups excluding carboxylic acids is 1. The molecule has 2 heterocycles. The number of aliphatic hydroxyl groups is 2. The van der Waals surface area contributed by atoms with E-state index in [1.807, 2.05) is 0 Å². The van der Waals surface area contributed by atoms with Crippen LogP contribution in [-0.4, -0.2) is 113 Å². The first kappa shape index (κ1) is 34.5. The van der Waals surface area contributed by atoms with Gasteiger partial charge in [0.05, 0.1) is 24.3 Å². The second kappa shape index (κ2) is 16.7. The normalized spacial score (nSPS) is 22.4. The van der Waals surface area contributed by atoms with Crippen LogP contribution in [0, 0.1) is 16.2 Å². The van der Waals surface area contributed by atoms with E-state index in [-0.39, 0.29) is 81.6 Å². The summed E-state index contributed by atoms with van der Waals surface area (Å²) in [6.07, 6.45) is -0.630. The monoisotopic (exact) mass is 610 g/mol. The molecule has 0 radical (unpaired) electrons. The van der Waals surface area contributed by atoms with Crippen LogP contribution >= 0.6 is 0 Å². The summed E-state index contributed by atoms with van der Waals surface area (Å²) in [5.41, 5.74) is 5.32. The van der Waals surface area contributed by atoms with E-state index in [2.05, 4.69) is 31.7 Å². The third kappa shape index (κ3) is 12.4. The van der Waals surface area contributed by atoms with E-state index < -0.39 is 48.4 Å². The van der Waals surface area contributed by atoms with Gasteiger partial charge in [0, 0.05) is 32.9 Å². The minimum Gasteiger partial charge on any atom is -0.483 e. The smallest absolute Gasteiger partial charge is 0.370 e. The van der Waals surface area contributed by atoms with Gasteiger partial charge in [0.25, 0.3) is 0 Å². The molecule has 0 saturated carbocycles. The number of nitrogens with one attached hydrogen (secondary N) is 9. The molecule has 2 rings (SSSR count). The minimum absolute atomic E-state index is 0.0453. The summed E-state index contributed by atoms with van der Waals surface area (Å²) in [6, 6.07) is -1.17. The quantitative estimate of drug-likeness (QED) is 0.0504. The van der Waals surface area contributed by atoms with Crippen molar-refractivity contribution in [2.45, 2.75) is 69.1 Å². The Hall–Kier alpha value is -4.72. The molecule has 20 heteroatoms. The zero-order valence-electron chi connectivity index (χ0n) is 23.5. The lowest BCUT2D eigenvalue weighted by atomic mass is 9.97. The van der Waals surface area contributed by atoms with Crippen LogP contribution in [0.4, 0.5) is 0 Å². The first-order valence-corrected chi connectivity index (χ1v) is 13.3. The Bertz CT molecular complexity index is 1120. The lowest BCUT2D eigenvalue weighted by molar-refractivity contribution is -0.141. The lowest BCUT2D eigenvalue weighted by Crippen LogP contribution is -2.52. The maximum atomic E-state index is 11.5. The molecule has 15 N–H and O–H groups in total. The number of nitrogens with two attached hydrogens (primary N) is 1. The number of carbonyl (C=O) groups is 3. The van der Waals surface area contributed by atoms with Crippen molar-refractivity contribution in [1.29, 1.82) is 16.2 Å². The Morgan fingerprint density at radius 2 is 1.70 bits per heavy atom. The largest absolute Gasteiger partial charge is 0.483 e. The van der Waals surface area contributed by atoms with Gasteiger partial charge in [0.15, 0.2) is 17.9 Å². The van der Waals surface area contributed by atoms with Gasteiger partial charge < -0.3 is 67.4 Å². The van der Waals surface area contributed by atoms with Crippen LogP contribution < -0.4 is 37.5 Å². The molecule has 1 amide bonds. The van der Waals surface area contributed by atoms with Crippen LogP contribution in [0.15, 0.2) is 23.7 Å². The highest BCUT2D eigenvalue weighted by Gasteiger charge is 2.35. The highest BCUT2D eigenvalue weighted by molar-refractivity contribution is 6.38. The highest BCUT2D eigenvalue weighted by atomic mass is 16.5. The van der Waals surface area contributed by atoms with Gasteiger partial charge in [-0.25, -0.2) is 9.59 Å². The molecule has 0 fully saturated rings. The van der Waals surface area contributed by atoms with Gasteiger partial charge in [-0.15, -0.1) is 0 Å². The summed E-state index contributed by atoms with van der Waals surface area (Å²) in [5.74, 6) is -4.19. The molecule has 0 aromatic carbocycles. The van der Waals surface area contributed by atoms with Crippen LogP contribution in [-0.2, 0) is 23.9 Å². The summed E-state index contributed by atoms with van der Waals surface area (Å²) < 4.78 is 10.8. The molecule has 238 valence electrons. The number of amides is 1. The minimum atomic E-state index is -1.29. The Labute approximate surface area is 247 Å². The predicted molar refractivity (Wildman–Crippen MR) is 153 cm³/mol. The molecule has 1 unspecified atom stereocenters. The van der Waals surface area contributed by atoms with E-state index >= 15 is 0 Å². The van der Waals surface area contributed by atoms with Crippen molar-refractivity contribution in [2.24, 2.45) is 5.73 Å². The molecule has 2 aliphatic heterocycles. The summed E-state index contributed by atoms with van der Waals surface area (Å²) in [4.78, 5) is 34.0. The third-order valence-electron chi connectivity index (χ3n) is 6.23. The molecule has 0 bridgehead atoms. The van der Waals surface area contributed by atoms with Crippen molar-refractivity contribution in [1.82, 2.24) is 31.7 Å². The Kier molecular flexibility index (Phi) is 13.4. The third-order valence-corrected chi connectivity index (χ3v) is 6.23. The van der Waals surface area contributed by atoms with Crippen LogP contribution in [0.3, 0.4) is 0 Å². The van der Waals surface area contributed by atoms with Crippen molar-refractivity contribution < 1.29 is 44.3 Å². The molecule has 6 atom stereocenters. The molecular formula is C23H39BN10O9. The van der Waals surface area contributed by atoms with Crippen molar-refractivity contribution in [3.05, 3.63) is 23.7 Å². The standard InChI is InChI=1S/C23H39BN10O9/c1-10(35)31-14-2-3-16(19(38)39)43-18(14)15(37)4-5-29-22(27)33-24-34-23(28)30-9-12(36)8-13-6-11(32-21(25)26)7-17(42-13)20(40)41/h3,7,11-15,18,24,36-37H,2,4-6,8-9H2,1H3,(H,31,35)(H,38,39)(H,40,41)(H4,25,26,32)(H3,27,29,33)(H3,28,30,34)/t11-,12+,13?,14-,15-,18-/m1/s1. The summed E-state index contributed by atoms with van der Waals surface area (Å²) in [5, 5.41) is 78.4. The van der Waals surface area contributed by atoms with Crippen molar-refractivity contribution >= 4 is 43.3 Å². The van der Waals surface area contributed by atoms with Gasteiger partial charge in [-0.05, 0) is 25.0 Å². The topological polar surface area (TPSA) is 320 Å². The molecule has 0 aromatic heterocycles. The molecule has 43 heavy (non-hydrogen) atoms. The number of aliphatic carboxylic acids is 2. The van der Waals surface area contributed by atoms with Gasteiger partial charge in [0.2, 0.25) is 17.4 Å². The van der Waals surface area contributed by atoms with E-state index in [1.165, 1.54) is 19.1 Å². The predicted octanol–water partition coefficient (Wildman–Crippen LogP) is -4.15. The zero-order chi connectivity index (χ0) is 32.1. The maximum absolute atomic E-state index is 11.5. The Morgan fingerprint density at radius 1 is 1.05 bits per heavy atom. The first-order chi connectivity index (χ1) is 20.2. The first-order valence-electron chi connectivity index (χ1n) is 13.3. The number of carboxylic acids is 2. The van der Waals surface area contributed by atoms with E-state index in [0.29, 0.717) is 0 Å². The van der Waals surface area contributed by atoms with E-state index in [1.54, 1.807) is 0 Å². The SMILES string of the molecule is CC(=O)N[C@@H]1CC=C(C(=O)O)O[C@H]1[C@H](O)CCNC(=N)NBNC(=N)NC[C@@H](O)CC1C[C@@H](NC(=N)N)C=C(C(=O)O)O1. The number of carboxylic acid groups (broad SMARTS) is 2. The van der Waals surface area contributed by atoms with E-state index in [0.717, 1.165) is 0 Å². The fourth-order valence-corrected chi connectivity index (χ4v) is 4.36. The molecule has 19 nitrogen and oxygen atoms in total. The fraction of sp³-hybridized carbons (Fsp3) is 0.565. The Balaban J connectivity index is 1.67. The number of guanidine groups is 3. The van der Waals surface area contributed by atoms with Gasteiger partial charge >= 0.3 is 19.5 Å². The molecule has 2 aliphatic rings. The van der Waals surface area contributed by atoms with Crippen LogP contribution in [0.1, 0.15) is 32.6 Å². The second-order valence-electron chi connectivity index (χ2n) is 9.81. The maximum Gasteiger partial charge on any atom is 0.370 e. The van der Waals surface area contributed by atoms with Crippen molar-refractivity contribution in [3.8, 4) is 0 Å². The van der Waals surface area contributed by atoms with Gasteiger partial charge in [-0.2, -0.15) is 0 Å². The summed E-state index contributed by atoms with van der Waals surface area (Å²) >= 11 is 0. The molecule has 0 aromatic rings. The summed E-state index contributed by atoms with van der Waals surface area (Å²) in [6.45, 7) is 1.35. The summed E-state index contributed by atoms with van der Waals surface area (Å²) in [7, 11) is -0.0453. The van der Waals surface area contributed by atoms with E-state index in [4.69, 9.17) is 31.4 Å². The van der Waals surface area contributed by atoms with E-state index in [9.17, 15) is 34.8 Å². The van der Waals surface area contributed by atoms with Crippen LogP contribution in [0.2, 0.25) is 0 Å². The molecular weight excluding hydrogens is 571 g/mol. The number of aliphatic hydroxyl groups excluding tert-OH is 2. The van der Waals surface area contributed by atoms with Crippen LogP contribution in [0.5, 0.6) is 0 Å². The van der Waals surface area contributed by atoms with Gasteiger partial charge in [-0.3, -0.25) is 21.0 Å². The molecule has 0 saturated heterocycles. The average molecular weight is 610 g/mol. The zero-order valence-corrected chi connectivity index (χ0v) is 23.5. The number of rotatable bonds is 14. The number of hydrogen-bond donors (Lipinski definition) is 14. The van der Waals surface area contributed by atoms with Gasteiger partial charge in [-0.1, -0.05) is 0 Å². The highest BCUT2D eigenvalue weighted by Crippen LogP contribution is 2.23.